The molecule has 1 rings (SSSR count). The molecule has 0 aliphatic heterocycles. The lowest BCUT2D eigenvalue weighted by Gasteiger charge is -2.04. The van der Waals surface area contributed by atoms with Gasteiger partial charge in [-0.2, -0.15) is 9.97 Å². The van der Waals surface area contributed by atoms with Gasteiger partial charge in [0.1, 0.15) is 5.82 Å². The molecule has 0 N–H and O–H groups in total. The molecular weight excluding hydrogens is 190 g/mol. The van der Waals surface area contributed by atoms with Gasteiger partial charge >= 0.3 is 6.01 Å². The van der Waals surface area contributed by atoms with Gasteiger partial charge < -0.3 is 4.74 Å². The molecule has 0 amide bonds. The van der Waals surface area contributed by atoms with Crippen LogP contribution in [0.2, 0.25) is 5.28 Å². The molecule has 0 saturated carbocycles. The fourth-order valence-electron chi connectivity index (χ4n) is 0.919. The van der Waals surface area contributed by atoms with E-state index in [1.54, 1.807) is 0 Å². The Bertz CT molecular complexity index is 291. The van der Waals surface area contributed by atoms with Crippen molar-refractivity contribution in [3.63, 3.8) is 0 Å². The Morgan fingerprint density at radius 2 is 2.00 bits per heavy atom. The summed E-state index contributed by atoms with van der Waals surface area (Å²) in [5, 5.41) is 0.183. The van der Waals surface area contributed by atoms with E-state index in [1.807, 2.05) is 0 Å². The van der Waals surface area contributed by atoms with Gasteiger partial charge in [0.25, 0.3) is 0 Å². The second-order valence-electron chi connectivity index (χ2n) is 3.11. The summed E-state index contributed by atoms with van der Waals surface area (Å²) in [4.78, 5) is 11.8. The zero-order chi connectivity index (χ0) is 9.84. The highest BCUT2D eigenvalue weighted by atomic mass is 35.5. The summed E-state index contributed by atoms with van der Waals surface area (Å²) in [7, 11) is 1.50. The Hall–Kier alpha value is -0.900. The Morgan fingerprint density at radius 1 is 1.31 bits per heavy atom. The van der Waals surface area contributed by atoms with Crippen molar-refractivity contribution in [2.45, 2.75) is 20.3 Å². The second kappa shape index (κ2) is 4.37. The molecule has 0 aromatic carbocycles. The molecule has 0 atom stereocenters. The van der Waals surface area contributed by atoms with Crippen LogP contribution in [0, 0.1) is 5.92 Å². The Labute approximate surface area is 82.3 Å². The average Bonchev–Trinajstić information content (AvgIpc) is 2.01. The number of ether oxygens (including phenoxy) is 1. The van der Waals surface area contributed by atoms with Crippen LogP contribution in [0.5, 0.6) is 6.01 Å². The molecule has 0 aliphatic rings. The number of rotatable bonds is 3. The summed E-state index contributed by atoms with van der Waals surface area (Å²) in [6.45, 7) is 4.17. The summed E-state index contributed by atoms with van der Waals surface area (Å²) in [5.74, 6) is 1.16. The van der Waals surface area contributed by atoms with Crippen LogP contribution in [0.1, 0.15) is 19.7 Å². The Morgan fingerprint density at radius 3 is 2.54 bits per heavy atom. The molecule has 4 nitrogen and oxygen atoms in total. The minimum Gasteiger partial charge on any atom is -0.467 e. The van der Waals surface area contributed by atoms with Crippen LogP contribution >= 0.6 is 11.6 Å². The summed E-state index contributed by atoms with van der Waals surface area (Å²) >= 11 is 5.67. The van der Waals surface area contributed by atoms with Crippen LogP contribution < -0.4 is 4.74 Å². The summed E-state index contributed by atoms with van der Waals surface area (Å²) in [6.07, 6.45) is 0.776. The SMILES string of the molecule is COc1nc(Cl)nc(CC(C)C)n1. The monoisotopic (exact) mass is 201 g/mol. The minimum absolute atomic E-state index is 0.183. The van der Waals surface area contributed by atoms with Gasteiger partial charge in [-0.3, -0.25) is 0 Å². The van der Waals surface area contributed by atoms with E-state index in [4.69, 9.17) is 16.3 Å². The molecule has 13 heavy (non-hydrogen) atoms. The lowest BCUT2D eigenvalue weighted by atomic mass is 10.1. The number of methoxy groups -OCH3 is 1. The lowest BCUT2D eigenvalue weighted by Crippen LogP contribution is -2.04. The molecule has 0 saturated heterocycles. The third-order valence-electron chi connectivity index (χ3n) is 1.41. The maximum absolute atomic E-state index is 5.67. The smallest absolute Gasteiger partial charge is 0.320 e. The normalized spacial score (nSPS) is 10.5. The van der Waals surface area contributed by atoms with Gasteiger partial charge in [-0.1, -0.05) is 13.8 Å². The predicted molar refractivity (Wildman–Crippen MR) is 49.9 cm³/mol. The van der Waals surface area contributed by atoms with Crippen LogP contribution in [0.25, 0.3) is 0 Å². The zero-order valence-corrected chi connectivity index (χ0v) is 8.67. The number of nitrogens with zero attached hydrogens (tertiary/aromatic N) is 3. The van der Waals surface area contributed by atoms with E-state index in [1.165, 1.54) is 7.11 Å². The highest BCUT2D eigenvalue weighted by Crippen LogP contribution is 2.10. The molecule has 0 radical (unpaired) electrons. The van der Waals surface area contributed by atoms with E-state index in [0.29, 0.717) is 11.7 Å². The molecule has 5 heteroatoms. The fourth-order valence-corrected chi connectivity index (χ4v) is 1.09. The van der Waals surface area contributed by atoms with Gasteiger partial charge in [-0.15, -0.1) is 0 Å². The molecule has 0 bridgehead atoms. The van der Waals surface area contributed by atoms with Crippen molar-refractivity contribution in [3.8, 4) is 6.01 Å². The summed E-state index contributed by atoms with van der Waals surface area (Å²) in [5.41, 5.74) is 0. The Kier molecular flexibility index (Phi) is 3.42. The molecule has 1 heterocycles. The maximum atomic E-state index is 5.67. The van der Waals surface area contributed by atoms with Crippen LogP contribution in [-0.4, -0.2) is 22.1 Å². The van der Waals surface area contributed by atoms with Crippen molar-refractivity contribution in [1.29, 1.82) is 0 Å². The lowest BCUT2D eigenvalue weighted by molar-refractivity contribution is 0.374. The molecule has 1 aromatic rings. The van der Waals surface area contributed by atoms with Crippen molar-refractivity contribution >= 4 is 11.6 Å². The predicted octanol–water partition coefficient (Wildman–Crippen LogP) is 1.73. The van der Waals surface area contributed by atoms with E-state index < -0.39 is 0 Å². The van der Waals surface area contributed by atoms with Crippen LogP contribution in [-0.2, 0) is 6.42 Å². The van der Waals surface area contributed by atoms with E-state index in [2.05, 4.69) is 28.8 Å². The van der Waals surface area contributed by atoms with Gasteiger partial charge in [0, 0.05) is 6.42 Å². The molecule has 0 aliphatic carbocycles. The van der Waals surface area contributed by atoms with Crippen molar-refractivity contribution in [3.05, 3.63) is 11.1 Å². The first-order valence-corrected chi connectivity index (χ1v) is 4.44. The molecule has 0 fully saturated rings. The number of hydrogen-bond acceptors (Lipinski definition) is 4. The van der Waals surface area contributed by atoms with Crippen LogP contribution in [0.3, 0.4) is 0 Å². The van der Waals surface area contributed by atoms with E-state index in [-0.39, 0.29) is 11.3 Å². The van der Waals surface area contributed by atoms with Gasteiger partial charge in [0.05, 0.1) is 7.11 Å². The molecule has 1 aromatic heterocycles. The minimum atomic E-state index is 0.183. The van der Waals surface area contributed by atoms with Crippen LogP contribution in [0.4, 0.5) is 0 Å². The van der Waals surface area contributed by atoms with Crippen molar-refractivity contribution < 1.29 is 4.74 Å². The average molecular weight is 202 g/mol. The van der Waals surface area contributed by atoms with Gasteiger partial charge in [0.2, 0.25) is 5.28 Å². The quantitative estimate of drug-likeness (QED) is 0.748. The summed E-state index contributed by atoms with van der Waals surface area (Å²) < 4.78 is 4.87. The molecule has 0 spiro atoms. The molecule has 72 valence electrons. The topological polar surface area (TPSA) is 47.9 Å². The van der Waals surface area contributed by atoms with E-state index in [9.17, 15) is 0 Å². The highest BCUT2D eigenvalue weighted by Gasteiger charge is 2.06. The first-order chi connectivity index (χ1) is 6.11. The number of aromatic nitrogens is 3. The first kappa shape index (κ1) is 10.2. The van der Waals surface area contributed by atoms with Gasteiger partial charge in [-0.25, -0.2) is 4.98 Å². The maximum Gasteiger partial charge on any atom is 0.320 e. The van der Waals surface area contributed by atoms with E-state index in [0.717, 1.165) is 6.42 Å². The van der Waals surface area contributed by atoms with Crippen molar-refractivity contribution in [1.82, 2.24) is 15.0 Å². The Balaban J connectivity index is 2.88. The standard InChI is InChI=1S/C8H12ClN3O/c1-5(2)4-6-10-7(9)12-8(11-6)13-3/h5H,4H2,1-3H3. The first-order valence-electron chi connectivity index (χ1n) is 4.06. The van der Waals surface area contributed by atoms with Gasteiger partial charge in [-0.05, 0) is 17.5 Å². The van der Waals surface area contributed by atoms with Crippen molar-refractivity contribution in [2.24, 2.45) is 5.92 Å². The summed E-state index contributed by atoms with van der Waals surface area (Å²) in [6, 6.07) is 0.274. The number of hydrogen-bond donors (Lipinski definition) is 0. The van der Waals surface area contributed by atoms with E-state index >= 15 is 0 Å². The fraction of sp³-hybridized carbons (Fsp3) is 0.625. The third kappa shape index (κ3) is 3.14. The molecular formula is C8H12ClN3O. The number of halogens is 1. The zero-order valence-electron chi connectivity index (χ0n) is 7.91. The third-order valence-corrected chi connectivity index (χ3v) is 1.58. The largest absolute Gasteiger partial charge is 0.467 e. The second-order valence-corrected chi connectivity index (χ2v) is 3.44. The van der Waals surface area contributed by atoms with Crippen LogP contribution in [0.15, 0.2) is 0 Å². The molecule has 0 unspecified atom stereocenters. The highest BCUT2D eigenvalue weighted by molar-refractivity contribution is 6.28. The van der Waals surface area contributed by atoms with Gasteiger partial charge in [0.15, 0.2) is 0 Å². The van der Waals surface area contributed by atoms with Crippen molar-refractivity contribution in [2.75, 3.05) is 7.11 Å².